The zero-order valence-electron chi connectivity index (χ0n) is 14.0. The number of nitrogens with two attached hydrogens (primary N) is 1. The first kappa shape index (κ1) is 17.6. The minimum atomic E-state index is -0.493. The molecular weight excluding hydrogens is 352 g/mol. The Hall–Kier alpha value is -3.18. The summed E-state index contributed by atoms with van der Waals surface area (Å²) >= 11 is 6.13. The number of carbonyl (C=O) groups is 1. The molecule has 0 bridgehead atoms. The molecule has 0 aliphatic heterocycles. The van der Waals surface area contributed by atoms with E-state index in [-0.39, 0.29) is 0 Å². The molecule has 3 N–H and O–H groups in total. The SMILES string of the molecule is COC(=O)c1cc(N)ccc1Nc1cc(Cl)ccc1Oc1ccccc1. The van der Waals surface area contributed by atoms with Crippen molar-refractivity contribution in [3.8, 4) is 11.5 Å². The lowest BCUT2D eigenvalue weighted by atomic mass is 10.1. The van der Waals surface area contributed by atoms with Crippen LogP contribution in [0.4, 0.5) is 17.1 Å². The Kier molecular flexibility index (Phi) is 5.29. The van der Waals surface area contributed by atoms with Gasteiger partial charge >= 0.3 is 5.97 Å². The van der Waals surface area contributed by atoms with Gasteiger partial charge in [0.2, 0.25) is 0 Å². The molecular formula is C20H17ClN2O3. The maximum atomic E-state index is 12.0. The van der Waals surface area contributed by atoms with E-state index in [9.17, 15) is 4.79 Å². The molecule has 6 heteroatoms. The molecule has 0 amide bonds. The largest absolute Gasteiger partial charge is 0.465 e. The standard InChI is InChI=1S/C20H17ClN2O3/c1-25-20(24)16-12-14(22)8-9-17(16)23-18-11-13(21)7-10-19(18)26-15-5-3-2-4-6-15/h2-12,23H,22H2,1H3. The van der Waals surface area contributed by atoms with Crippen molar-refractivity contribution < 1.29 is 14.3 Å². The zero-order chi connectivity index (χ0) is 18.5. The molecule has 0 aliphatic carbocycles. The molecule has 3 aromatic carbocycles. The van der Waals surface area contributed by atoms with E-state index in [2.05, 4.69) is 5.32 Å². The molecule has 0 atom stereocenters. The number of hydrogen-bond acceptors (Lipinski definition) is 5. The van der Waals surface area contributed by atoms with Gasteiger partial charge in [-0.05, 0) is 48.5 Å². The van der Waals surface area contributed by atoms with Crippen LogP contribution < -0.4 is 15.8 Å². The van der Waals surface area contributed by atoms with Crippen molar-refractivity contribution in [3.63, 3.8) is 0 Å². The van der Waals surface area contributed by atoms with Crippen LogP contribution in [0.3, 0.4) is 0 Å². The molecule has 0 heterocycles. The summed E-state index contributed by atoms with van der Waals surface area (Å²) in [5.41, 5.74) is 7.71. The Morgan fingerprint density at radius 3 is 2.50 bits per heavy atom. The summed E-state index contributed by atoms with van der Waals surface area (Å²) in [6.07, 6.45) is 0. The molecule has 132 valence electrons. The number of halogens is 1. The predicted molar refractivity (Wildman–Crippen MR) is 103 cm³/mol. The zero-order valence-corrected chi connectivity index (χ0v) is 14.8. The highest BCUT2D eigenvalue weighted by atomic mass is 35.5. The molecule has 0 spiro atoms. The Balaban J connectivity index is 1.98. The number of para-hydroxylation sites is 1. The van der Waals surface area contributed by atoms with Crippen molar-refractivity contribution in [1.82, 2.24) is 0 Å². The molecule has 26 heavy (non-hydrogen) atoms. The number of methoxy groups -OCH3 is 1. The van der Waals surface area contributed by atoms with Crippen molar-refractivity contribution in [1.29, 1.82) is 0 Å². The molecule has 0 saturated heterocycles. The topological polar surface area (TPSA) is 73.6 Å². The van der Waals surface area contributed by atoms with Crippen LogP contribution in [0.1, 0.15) is 10.4 Å². The van der Waals surface area contributed by atoms with Crippen molar-refractivity contribution in [2.24, 2.45) is 0 Å². The van der Waals surface area contributed by atoms with E-state index in [0.717, 1.165) is 0 Å². The number of anilines is 3. The summed E-state index contributed by atoms with van der Waals surface area (Å²) < 4.78 is 10.8. The third-order valence-corrected chi connectivity index (χ3v) is 3.87. The first-order valence-corrected chi connectivity index (χ1v) is 8.22. The van der Waals surface area contributed by atoms with Crippen LogP contribution in [0.25, 0.3) is 0 Å². The lowest BCUT2D eigenvalue weighted by Gasteiger charge is -2.16. The summed E-state index contributed by atoms with van der Waals surface area (Å²) in [7, 11) is 1.32. The molecule has 3 rings (SSSR count). The van der Waals surface area contributed by atoms with Gasteiger partial charge in [-0.25, -0.2) is 4.79 Å². The van der Waals surface area contributed by atoms with E-state index in [1.54, 1.807) is 36.4 Å². The number of esters is 1. The maximum absolute atomic E-state index is 12.0. The number of rotatable bonds is 5. The molecule has 0 aliphatic rings. The molecule has 3 aromatic rings. The summed E-state index contributed by atoms with van der Waals surface area (Å²) in [5, 5.41) is 3.71. The molecule has 0 unspecified atom stereocenters. The first-order chi connectivity index (χ1) is 12.6. The van der Waals surface area contributed by atoms with Gasteiger partial charge in [0.25, 0.3) is 0 Å². The van der Waals surface area contributed by atoms with Gasteiger partial charge in [-0.2, -0.15) is 0 Å². The van der Waals surface area contributed by atoms with Gasteiger partial charge in [-0.3, -0.25) is 0 Å². The minimum Gasteiger partial charge on any atom is -0.465 e. The van der Waals surface area contributed by atoms with Crippen LogP contribution in [0, 0.1) is 0 Å². The highest BCUT2D eigenvalue weighted by Gasteiger charge is 2.15. The van der Waals surface area contributed by atoms with E-state index < -0.39 is 5.97 Å². The van der Waals surface area contributed by atoms with Gasteiger partial charge in [-0.15, -0.1) is 0 Å². The van der Waals surface area contributed by atoms with E-state index in [0.29, 0.717) is 39.1 Å². The lowest BCUT2D eigenvalue weighted by molar-refractivity contribution is 0.0602. The van der Waals surface area contributed by atoms with Crippen molar-refractivity contribution in [2.45, 2.75) is 0 Å². The highest BCUT2D eigenvalue weighted by Crippen LogP contribution is 2.35. The predicted octanol–water partition coefficient (Wildman–Crippen LogP) is 5.24. The third-order valence-electron chi connectivity index (χ3n) is 3.63. The average molecular weight is 369 g/mol. The number of carbonyl (C=O) groups excluding carboxylic acids is 1. The van der Waals surface area contributed by atoms with E-state index in [1.165, 1.54) is 7.11 Å². The van der Waals surface area contributed by atoms with Gasteiger partial charge in [0.1, 0.15) is 5.75 Å². The van der Waals surface area contributed by atoms with Crippen LogP contribution in [0.2, 0.25) is 5.02 Å². The number of hydrogen-bond donors (Lipinski definition) is 2. The Morgan fingerprint density at radius 1 is 1.00 bits per heavy atom. The average Bonchev–Trinajstić information content (AvgIpc) is 2.65. The normalized spacial score (nSPS) is 10.2. The number of nitrogens with one attached hydrogen (secondary N) is 1. The highest BCUT2D eigenvalue weighted by molar-refractivity contribution is 6.31. The van der Waals surface area contributed by atoms with Gasteiger partial charge < -0.3 is 20.5 Å². The Morgan fingerprint density at radius 2 is 1.77 bits per heavy atom. The number of nitrogen functional groups attached to an aromatic ring is 1. The lowest BCUT2D eigenvalue weighted by Crippen LogP contribution is -2.07. The van der Waals surface area contributed by atoms with Crippen molar-refractivity contribution >= 4 is 34.6 Å². The van der Waals surface area contributed by atoms with E-state index in [1.807, 2.05) is 30.3 Å². The van der Waals surface area contributed by atoms with Gasteiger partial charge in [0.05, 0.1) is 24.0 Å². The number of ether oxygens (including phenoxy) is 2. The number of benzene rings is 3. The summed E-state index contributed by atoms with van der Waals surface area (Å²) in [4.78, 5) is 12.0. The van der Waals surface area contributed by atoms with Crippen LogP contribution in [0.5, 0.6) is 11.5 Å². The van der Waals surface area contributed by atoms with Crippen LogP contribution in [-0.4, -0.2) is 13.1 Å². The van der Waals surface area contributed by atoms with Crippen LogP contribution in [-0.2, 0) is 4.74 Å². The van der Waals surface area contributed by atoms with Crippen molar-refractivity contribution in [2.75, 3.05) is 18.2 Å². The minimum absolute atomic E-state index is 0.318. The third kappa shape index (κ3) is 4.07. The maximum Gasteiger partial charge on any atom is 0.340 e. The van der Waals surface area contributed by atoms with E-state index in [4.69, 9.17) is 26.8 Å². The summed E-state index contributed by atoms with van der Waals surface area (Å²) in [5.74, 6) is 0.754. The van der Waals surface area contributed by atoms with Gasteiger partial charge in [0.15, 0.2) is 5.75 Å². The first-order valence-electron chi connectivity index (χ1n) is 7.84. The Bertz CT molecular complexity index is 930. The van der Waals surface area contributed by atoms with Crippen molar-refractivity contribution in [3.05, 3.63) is 77.3 Å². The smallest absolute Gasteiger partial charge is 0.340 e. The molecule has 0 aromatic heterocycles. The monoisotopic (exact) mass is 368 g/mol. The van der Waals surface area contributed by atoms with Gasteiger partial charge in [-0.1, -0.05) is 29.8 Å². The second-order valence-electron chi connectivity index (χ2n) is 5.48. The summed E-state index contributed by atoms with van der Waals surface area (Å²) in [6, 6.07) is 19.5. The fourth-order valence-electron chi connectivity index (χ4n) is 2.40. The van der Waals surface area contributed by atoms with Gasteiger partial charge in [0, 0.05) is 10.7 Å². The fourth-order valence-corrected chi connectivity index (χ4v) is 2.57. The second-order valence-corrected chi connectivity index (χ2v) is 5.91. The quantitative estimate of drug-likeness (QED) is 0.475. The van der Waals surface area contributed by atoms with Crippen LogP contribution >= 0.6 is 11.6 Å². The molecule has 0 fully saturated rings. The second kappa shape index (κ2) is 7.80. The molecule has 5 nitrogen and oxygen atoms in total. The fraction of sp³-hybridized carbons (Fsp3) is 0.0500. The summed E-state index contributed by atoms with van der Waals surface area (Å²) in [6.45, 7) is 0. The van der Waals surface area contributed by atoms with Crippen LogP contribution in [0.15, 0.2) is 66.7 Å². The molecule has 0 saturated carbocycles. The Labute approximate surface area is 156 Å². The molecule has 0 radical (unpaired) electrons. The van der Waals surface area contributed by atoms with E-state index >= 15 is 0 Å².